The Morgan fingerprint density at radius 2 is 2.12 bits per heavy atom. The molecule has 1 aliphatic rings. The average molecular weight is 347 g/mol. The number of nitrogens with zero attached hydrogens (tertiary/aromatic N) is 2. The number of alkyl halides is 3. The zero-order valence-electron chi connectivity index (χ0n) is 13.1. The van der Waals surface area contributed by atoms with Crippen LogP contribution in [0.15, 0.2) is 18.5 Å². The van der Waals surface area contributed by atoms with E-state index in [0.717, 1.165) is 12.8 Å². The molecule has 2 N–H and O–H groups in total. The molecule has 9 heteroatoms. The van der Waals surface area contributed by atoms with Crippen molar-refractivity contribution in [1.29, 1.82) is 0 Å². The number of hydrogen-bond donors (Lipinski definition) is 2. The number of aliphatic hydroxyl groups is 1. The quantitative estimate of drug-likeness (QED) is 0.854. The van der Waals surface area contributed by atoms with Gasteiger partial charge in [0.1, 0.15) is 5.75 Å². The highest BCUT2D eigenvalue weighted by Crippen LogP contribution is 2.21. The van der Waals surface area contributed by atoms with E-state index in [-0.39, 0.29) is 30.9 Å². The van der Waals surface area contributed by atoms with Gasteiger partial charge in [-0.1, -0.05) is 0 Å². The molecule has 1 saturated heterocycles. The number of ether oxygens (including phenoxy) is 1. The molecule has 1 aromatic rings. The van der Waals surface area contributed by atoms with Crippen LogP contribution in [0.5, 0.6) is 5.75 Å². The summed E-state index contributed by atoms with van der Waals surface area (Å²) in [6.07, 6.45) is -0.347. The first-order chi connectivity index (χ1) is 11.4. The van der Waals surface area contributed by atoms with Crippen LogP contribution in [0, 0.1) is 5.92 Å². The molecule has 1 aromatic heterocycles. The highest BCUT2D eigenvalue weighted by atomic mass is 19.4. The molecule has 6 nitrogen and oxygen atoms in total. The lowest BCUT2D eigenvalue weighted by molar-refractivity contribution is -0.153. The highest BCUT2D eigenvalue weighted by molar-refractivity contribution is 5.74. The van der Waals surface area contributed by atoms with Gasteiger partial charge in [0.05, 0.1) is 6.20 Å². The lowest BCUT2D eigenvalue weighted by atomic mass is 9.98. The Morgan fingerprint density at radius 3 is 2.75 bits per heavy atom. The predicted octanol–water partition coefficient (Wildman–Crippen LogP) is 1.94. The zero-order chi connectivity index (χ0) is 17.6. The second kappa shape index (κ2) is 8.18. The molecule has 0 unspecified atom stereocenters. The summed E-state index contributed by atoms with van der Waals surface area (Å²) in [6.45, 7) is -0.148. The number of aliphatic hydroxyl groups excluding tert-OH is 1. The lowest BCUT2D eigenvalue weighted by Crippen LogP contribution is -2.44. The molecule has 0 spiro atoms. The Balaban J connectivity index is 1.86. The molecular formula is C15H20F3N3O3. The van der Waals surface area contributed by atoms with E-state index in [2.05, 4.69) is 10.3 Å². The molecule has 1 fully saturated rings. The molecule has 1 aliphatic heterocycles. The molecule has 2 rings (SSSR count). The minimum Gasteiger partial charge on any atom is -0.482 e. The summed E-state index contributed by atoms with van der Waals surface area (Å²) in [5.74, 6) is 0.214. The van der Waals surface area contributed by atoms with Crippen LogP contribution in [0.3, 0.4) is 0 Å². The number of likely N-dealkylation sites (tertiary alicyclic amines) is 1. The molecule has 2 amide bonds. The fourth-order valence-electron chi connectivity index (χ4n) is 2.45. The normalized spacial score (nSPS) is 16.1. The first kappa shape index (κ1) is 18.3. The van der Waals surface area contributed by atoms with Gasteiger partial charge in [0, 0.05) is 38.0 Å². The summed E-state index contributed by atoms with van der Waals surface area (Å²) >= 11 is 0. The van der Waals surface area contributed by atoms with E-state index >= 15 is 0 Å². The molecule has 2 heterocycles. The van der Waals surface area contributed by atoms with Crippen molar-refractivity contribution in [2.75, 3.05) is 26.3 Å². The fraction of sp³-hybridized carbons (Fsp3) is 0.600. The maximum atomic E-state index is 12.3. The maximum Gasteiger partial charge on any atom is 0.422 e. The molecule has 0 aliphatic carbocycles. The molecule has 0 atom stereocenters. The molecule has 0 aromatic carbocycles. The van der Waals surface area contributed by atoms with Crippen LogP contribution in [-0.2, 0) is 6.54 Å². The maximum absolute atomic E-state index is 12.3. The first-order valence-electron chi connectivity index (χ1n) is 7.65. The van der Waals surface area contributed by atoms with E-state index < -0.39 is 12.8 Å². The number of aromatic nitrogens is 1. The summed E-state index contributed by atoms with van der Waals surface area (Å²) in [5, 5.41) is 11.8. The molecular weight excluding hydrogens is 327 g/mol. The fourth-order valence-corrected chi connectivity index (χ4v) is 2.45. The minimum atomic E-state index is -4.44. The third kappa shape index (κ3) is 5.55. The smallest absolute Gasteiger partial charge is 0.422 e. The second-order valence-electron chi connectivity index (χ2n) is 5.66. The Bertz CT molecular complexity index is 546. The van der Waals surface area contributed by atoms with Crippen LogP contribution in [0.4, 0.5) is 18.0 Å². The monoisotopic (exact) mass is 347 g/mol. The second-order valence-corrected chi connectivity index (χ2v) is 5.66. The topological polar surface area (TPSA) is 74.7 Å². The predicted molar refractivity (Wildman–Crippen MR) is 79.4 cm³/mol. The third-order valence-electron chi connectivity index (χ3n) is 3.85. The van der Waals surface area contributed by atoms with Gasteiger partial charge >= 0.3 is 12.2 Å². The van der Waals surface area contributed by atoms with Gasteiger partial charge in [-0.2, -0.15) is 13.2 Å². The SMILES string of the molecule is O=C(NCc1ccncc1OCC(F)(F)F)N1CCC(CO)CC1. The summed E-state index contributed by atoms with van der Waals surface area (Å²) < 4.78 is 41.5. The number of nitrogens with one attached hydrogen (secondary N) is 1. The Labute approximate surface area is 137 Å². The number of piperidine rings is 1. The number of hydrogen-bond acceptors (Lipinski definition) is 4. The average Bonchev–Trinajstić information content (AvgIpc) is 2.58. The van der Waals surface area contributed by atoms with E-state index in [1.807, 2.05) is 0 Å². The largest absolute Gasteiger partial charge is 0.482 e. The van der Waals surface area contributed by atoms with Crippen molar-refractivity contribution in [3.8, 4) is 5.75 Å². The Morgan fingerprint density at radius 1 is 1.42 bits per heavy atom. The number of pyridine rings is 1. The summed E-state index contributed by atoms with van der Waals surface area (Å²) in [4.78, 5) is 17.5. The number of rotatable bonds is 5. The van der Waals surface area contributed by atoms with E-state index in [1.54, 1.807) is 4.90 Å². The third-order valence-corrected chi connectivity index (χ3v) is 3.85. The van der Waals surface area contributed by atoms with Crippen molar-refractivity contribution in [2.24, 2.45) is 5.92 Å². The van der Waals surface area contributed by atoms with Crippen molar-refractivity contribution in [1.82, 2.24) is 15.2 Å². The van der Waals surface area contributed by atoms with Crippen molar-refractivity contribution < 1.29 is 27.8 Å². The van der Waals surface area contributed by atoms with Crippen LogP contribution in [0.1, 0.15) is 18.4 Å². The van der Waals surface area contributed by atoms with Gasteiger partial charge in [-0.05, 0) is 24.8 Å². The van der Waals surface area contributed by atoms with E-state index in [4.69, 9.17) is 9.84 Å². The summed E-state index contributed by atoms with van der Waals surface area (Å²) in [5.41, 5.74) is 0.424. The van der Waals surface area contributed by atoms with Crippen molar-refractivity contribution in [3.63, 3.8) is 0 Å². The van der Waals surface area contributed by atoms with Crippen LogP contribution in [0.2, 0.25) is 0 Å². The number of halogens is 3. The first-order valence-corrected chi connectivity index (χ1v) is 7.65. The van der Waals surface area contributed by atoms with Crippen LogP contribution in [0.25, 0.3) is 0 Å². The summed E-state index contributed by atoms with van der Waals surface area (Å²) in [7, 11) is 0. The molecule has 0 bridgehead atoms. The van der Waals surface area contributed by atoms with Crippen LogP contribution >= 0.6 is 0 Å². The van der Waals surface area contributed by atoms with Crippen molar-refractivity contribution in [2.45, 2.75) is 25.6 Å². The van der Waals surface area contributed by atoms with E-state index in [9.17, 15) is 18.0 Å². The molecule has 0 radical (unpaired) electrons. The van der Waals surface area contributed by atoms with Crippen molar-refractivity contribution in [3.05, 3.63) is 24.0 Å². The minimum absolute atomic E-state index is 0.00545. The van der Waals surface area contributed by atoms with Crippen LogP contribution in [-0.4, -0.2) is 53.5 Å². The van der Waals surface area contributed by atoms with Gasteiger partial charge in [0.15, 0.2) is 6.61 Å². The molecule has 134 valence electrons. The van der Waals surface area contributed by atoms with Gasteiger partial charge in [-0.3, -0.25) is 4.98 Å². The van der Waals surface area contributed by atoms with Gasteiger partial charge < -0.3 is 20.1 Å². The molecule has 0 saturated carbocycles. The molecule has 24 heavy (non-hydrogen) atoms. The highest BCUT2D eigenvalue weighted by Gasteiger charge is 2.29. The van der Waals surface area contributed by atoms with Crippen LogP contribution < -0.4 is 10.1 Å². The number of carbonyl (C=O) groups is 1. The standard InChI is InChI=1S/C15H20F3N3O3/c16-15(17,18)10-24-13-8-19-4-1-12(13)7-20-14(23)21-5-2-11(9-22)3-6-21/h1,4,8,11,22H,2-3,5-7,9-10H2,(H,20,23). The zero-order valence-corrected chi connectivity index (χ0v) is 13.1. The summed E-state index contributed by atoms with van der Waals surface area (Å²) in [6, 6.07) is 1.22. The van der Waals surface area contributed by atoms with Gasteiger partial charge in [0.2, 0.25) is 0 Å². The lowest BCUT2D eigenvalue weighted by Gasteiger charge is -2.31. The van der Waals surface area contributed by atoms with Gasteiger partial charge in [-0.15, -0.1) is 0 Å². The van der Waals surface area contributed by atoms with Gasteiger partial charge in [0.25, 0.3) is 0 Å². The Kier molecular flexibility index (Phi) is 6.24. The number of carbonyl (C=O) groups excluding carboxylic acids is 1. The number of amides is 2. The van der Waals surface area contributed by atoms with E-state index in [0.29, 0.717) is 18.7 Å². The van der Waals surface area contributed by atoms with E-state index in [1.165, 1.54) is 18.5 Å². The van der Waals surface area contributed by atoms with Crippen molar-refractivity contribution >= 4 is 6.03 Å². The van der Waals surface area contributed by atoms with Gasteiger partial charge in [-0.25, -0.2) is 4.79 Å². The number of urea groups is 1. The Hall–Kier alpha value is -2.03.